The van der Waals surface area contributed by atoms with Crippen LogP contribution in [0.25, 0.3) is 11.0 Å². The Balaban J connectivity index is 1.55. The van der Waals surface area contributed by atoms with E-state index in [2.05, 4.69) is 30.4 Å². The molecule has 1 saturated carbocycles. The summed E-state index contributed by atoms with van der Waals surface area (Å²) in [5.74, 6) is 0.383. The molecular formula is C22H27FN6O2. The van der Waals surface area contributed by atoms with Crippen LogP contribution in [-0.4, -0.2) is 43.9 Å². The SMILES string of the molecule is CC(C)(C)OC(=O)NC1CCC(N(c2cccc(F)c2)c2ncnc3[nH]ncc23)CC1. The zero-order valence-electron chi connectivity index (χ0n) is 17.9. The van der Waals surface area contributed by atoms with Gasteiger partial charge in [0.05, 0.1) is 11.6 Å². The van der Waals surface area contributed by atoms with Gasteiger partial charge in [0.2, 0.25) is 0 Å². The molecule has 164 valence electrons. The lowest BCUT2D eigenvalue weighted by molar-refractivity contribution is 0.0491. The summed E-state index contributed by atoms with van der Waals surface area (Å²) >= 11 is 0. The number of carbonyl (C=O) groups excluding carboxylic acids is 1. The minimum Gasteiger partial charge on any atom is -0.444 e. The summed E-state index contributed by atoms with van der Waals surface area (Å²) < 4.78 is 19.4. The molecule has 1 aliphatic carbocycles. The minimum atomic E-state index is -0.529. The molecule has 1 amide bonds. The van der Waals surface area contributed by atoms with Gasteiger partial charge in [-0.25, -0.2) is 19.2 Å². The second-order valence-corrected chi connectivity index (χ2v) is 8.83. The predicted octanol–water partition coefficient (Wildman–Crippen LogP) is 4.47. The molecule has 0 saturated heterocycles. The Kier molecular flexibility index (Phi) is 5.75. The highest BCUT2D eigenvalue weighted by molar-refractivity contribution is 5.89. The van der Waals surface area contributed by atoms with E-state index in [1.807, 2.05) is 26.8 Å². The van der Waals surface area contributed by atoms with E-state index in [0.717, 1.165) is 36.8 Å². The van der Waals surface area contributed by atoms with Crippen molar-refractivity contribution in [2.24, 2.45) is 0 Å². The van der Waals surface area contributed by atoms with Gasteiger partial charge in [-0.1, -0.05) is 6.07 Å². The van der Waals surface area contributed by atoms with Crippen LogP contribution in [0.2, 0.25) is 0 Å². The number of amides is 1. The van der Waals surface area contributed by atoms with E-state index in [1.165, 1.54) is 18.5 Å². The van der Waals surface area contributed by atoms with Gasteiger partial charge in [0.15, 0.2) is 5.65 Å². The molecule has 0 spiro atoms. The van der Waals surface area contributed by atoms with Gasteiger partial charge < -0.3 is 15.0 Å². The van der Waals surface area contributed by atoms with Crippen LogP contribution in [-0.2, 0) is 4.74 Å². The Morgan fingerprint density at radius 2 is 2.00 bits per heavy atom. The van der Waals surface area contributed by atoms with E-state index < -0.39 is 11.7 Å². The Bertz CT molecular complexity index is 1060. The molecule has 2 N–H and O–H groups in total. The van der Waals surface area contributed by atoms with Crippen molar-refractivity contribution in [3.05, 3.63) is 42.6 Å². The summed E-state index contributed by atoms with van der Waals surface area (Å²) in [6, 6.07) is 6.64. The van der Waals surface area contributed by atoms with E-state index >= 15 is 0 Å². The van der Waals surface area contributed by atoms with E-state index in [-0.39, 0.29) is 17.9 Å². The first-order chi connectivity index (χ1) is 14.8. The maximum atomic E-state index is 14.1. The summed E-state index contributed by atoms with van der Waals surface area (Å²) in [5.41, 5.74) is 0.828. The number of aromatic amines is 1. The number of hydrogen-bond acceptors (Lipinski definition) is 6. The average Bonchev–Trinajstić information content (AvgIpc) is 3.18. The van der Waals surface area contributed by atoms with Gasteiger partial charge in [-0.2, -0.15) is 5.10 Å². The fraction of sp³-hybridized carbons (Fsp3) is 0.455. The summed E-state index contributed by atoms with van der Waals surface area (Å²) in [7, 11) is 0. The fourth-order valence-electron chi connectivity index (χ4n) is 4.03. The molecule has 8 nitrogen and oxygen atoms in total. The number of hydrogen-bond donors (Lipinski definition) is 2. The van der Waals surface area contributed by atoms with Gasteiger partial charge in [-0.3, -0.25) is 5.10 Å². The molecule has 0 bridgehead atoms. The Morgan fingerprint density at radius 1 is 1.23 bits per heavy atom. The monoisotopic (exact) mass is 426 g/mol. The molecule has 1 aliphatic rings. The molecule has 1 fully saturated rings. The number of halogens is 1. The van der Waals surface area contributed by atoms with Crippen molar-refractivity contribution in [1.29, 1.82) is 0 Å². The molecular weight excluding hydrogens is 399 g/mol. The quantitative estimate of drug-likeness (QED) is 0.639. The highest BCUT2D eigenvalue weighted by Gasteiger charge is 2.30. The van der Waals surface area contributed by atoms with Crippen LogP contribution >= 0.6 is 0 Å². The first-order valence-electron chi connectivity index (χ1n) is 10.5. The number of nitrogens with one attached hydrogen (secondary N) is 2. The molecule has 2 aromatic heterocycles. The molecule has 3 aromatic rings. The van der Waals surface area contributed by atoms with Gasteiger partial charge in [-0.05, 0) is 64.7 Å². The van der Waals surface area contributed by atoms with Gasteiger partial charge in [-0.15, -0.1) is 0 Å². The van der Waals surface area contributed by atoms with Crippen LogP contribution in [0.5, 0.6) is 0 Å². The first-order valence-corrected chi connectivity index (χ1v) is 10.5. The van der Waals surface area contributed by atoms with Crippen LogP contribution in [0.3, 0.4) is 0 Å². The number of ether oxygens (including phenoxy) is 1. The lowest BCUT2D eigenvalue weighted by Gasteiger charge is -2.38. The zero-order valence-corrected chi connectivity index (χ0v) is 17.9. The number of H-pyrrole nitrogens is 1. The molecule has 0 aliphatic heterocycles. The first kappa shape index (κ1) is 21.0. The van der Waals surface area contributed by atoms with Crippen LogP contribution in [0, 0.1) is 5.82 Å². The smallest absolute Gasteiger partial charge is 0.407 e. The van der Waals surface area contributed by atoms with Crippen LogP contribution in [0.15, 0.2) is 36.8 Å². The number of aromatic nitrogens is 4. The summed E-state index contributed by atoms with van der Waals surface area (Å²) in [6.45, 7) is 5.54. The number of carbonyl (C=O) groups is 1. The number of fused-ring (bicyclic) bond motifs is 1. The molecule has 1 aromatic carbocycles. The second-order valence-electron chi connectivity index (χ2n) is 8.83. The van der Waals surface area contributed by atoms with Crippen molar-refractivity contribution >= 4 is 28.6 Å². The van der Waals surface area contributed by atoms with E-state index in [1.54, 1.807) is 12.3 Å². The normalized spacial score (nSPS) is 19.2. The lowest BCUT2D eigenvalue weighted by Crippen LogP contribution is -2.44. The average molecular weight is 426 g/mol. The molecule has 4 rings (SSSR count). The summed E-state index contributed by atoms with van der Waals surface area (Å²) in [6.07, 6.45) is 5.96. The maximum absolute atomic E-state index is 14.1. The molecule has 31 heavy (non-hydrogen) atoms. The van der Waals surface area contributed by atoms with Crippen molar-refractivity contribution < 1.29 is 13.9 Å². The van der Waals surface area contributed by atoms with Crippen LogP contribution < -0.4 is 10.2 Å². The van der Waals surface area contributed by atoms with Gasteiger partial charge in [0.25, 0.3) is 0 Å². The van der Waals surface area contributed by atoms with Gasteiger partial charge in [0.1, 0.15) is 23.6 Å². The number of rotatable bonds is 4. The third-order valence-corrected chi connectivity index (χ3v) is 5.32. The second kappa shape index (κ2) is 8.49. The Morgan fingerprint density at radius 3 is 2.71 bits per heavy atom. The van der Waals surface area contributed by atoms with Crippen molar-refractivity contribution in [3.63, 3.8) is 0 Å². The third-order valence-electron chi connectivity index (χ3n) is 5.32. The Labute approximate surface area is 180 Å². The fourth-order valence-corrected chi connectivity index (χ4v) is 4.03. The largest absolute Gasteiger partial charge is 0.444 e. The van der Waals surface area contributed by atoms with Crippen LogP contribution in [0.4, 0.5) is 20.7 Å². The third kappa shape index (κ3) is 4.92. The van der Waals surface area contributed by atoms with Gasteiger partial charge in [0, 0.05) is 17.8 Å². The molecule has 0 unspecified atom stereocenters. The standard InChI is InChI=1S/C22H27FN6O2/c1-22(2,3)31-21(30)27-15-7-9-16(10-8-15)29(17-6-4-5-14(23)11-17)20-18-12-26-28-19(18)24-13-25-20/h4-6,11-13,15-16H,7-10H2,1-3H3,(H,27,30)(H,24,25,26,28). The molecule has 9 heteroatoms. The van der Waals surface area contributed by atoms with Crippen molar-refractivity contribution in [3.8, 4) is 0 Å². The predicted molar refractivity (Wildman–Crippen MR) is 116 cm³/mol. The van der Waals surface area contributed by atoms with E-state index in [4.69, 9.17) is 4.74 Å². The van der Waals surface area contributed by atoms with Crippen molar-refractivity contribution in [2.75, 3.05) is 4.90 Å². The molecule has 0 atom stereocenters. The number of benzene rings is 1. The summed E-state index contributed by atoms with van der Waals surface area (Å²) in [4.78, 5) is 22.9. The van der Waals surface area contributed by atoms with Crippen LogP contribution in [0.1, 0.15) is 46.5 Å². The topological polar surface area (TPSA) is 96.0 Å². The maximum Gasteiger partial charge on any atom is 0.407 e. The van der Waals surface area contributed by atoms with Crippen molar-refractivity contribution in [2.45, 2.75) is 64.1 Å². The lowest BCUT2D eigenvalue weighted by atomic mass is 9.89. The number of nitrogens with zero attached hydrogens (tertiary/aromatic N) is 4. The Hall–Kier alpha value is -3.23. The minimum absolute atomic E-state index is 0.0415. The highest BCUT2D eigenvalue weighted by Crippen LogP contribution is 2.36. The zero-order chi connectivity index (χ0) is 22.0. The molecule has 2 heterocycles. The number of alkyl carbamates (subject to hydrolysis) is 1. The number of anilines is 2. The highest BCUT2D eigenvalue weighted by atomic mass is 19.1. The van der Waals surface area contributed by atoms with Gasteiger partial charge >= 0.3 is 6.09 Å². The van der Waals surface area contributed by atoms with E-state index in [0.29, 0.717) is 11.5 Å². The van der Waals surface area contributed by atoms with Crippen molar-refractivity contribution in [1.82, 2.24) is 25.5 Å². The molecule has 0 radical (unpaired) electrons. The summed E-state index contributed by atoms with van der Waals surface area (Å²) in [5, 5.41) is 10.7. The van der Waals surface area contributed by atoms with E-state index in [9.17, 15) is 9.18 Å².